The molecule has 0 saturated carbocycles. The number of hydrogen-bond donors (Lipinski definition) is 2. The molecule has 0 radical (unpaired) electrons. The van der Waals surface area contributed by atoms with E-state index in [0.717, 1.165) is 10.1 Å². The molecule has 0 fully saturated rings. The third-order valence-electron chi connectivity index (χ3n) is 3.39. The first-order valence-electron chi connectivity index (χ1n) is 7.25. The number of nitrogens with zero attached hydrogens (tertiary/aromatic N) is 2. The van der Waals surface area contributed by atoms with Crippen LogP contribution in [0.5, 0.6) is 0 Å². The molecular weight excluding hydrogens is 314 g/mol. The number of aliphatic carboxylic acids is 1. The first-order valence-corrected chi connectivity index (χ1v) is 7.25. The normalized spacial score (nSPS) is 11.7. The van der Waals surface area contributed by atoms with Crippen LogP contribution in [0.3, 0.4) is 0 Å². The highest BCUT2D eigenvalue weighted by Gasteiger charge is 2.16. The minimum Gasteiger partial charge on any atom is -0.480 e. The Hall–Kier alpha value is -3.16. The number of nitrogens with one attached hydrogen (secondary N) is 1. The van der Waals surface area contributed by atoms with Crippen LogP contribution in [0.4, 0.5) is 0 Å². The van der Waals surface area contributed by atoms with Crippen LogP contribution in [-0.2, 0) is 22.7 Å². The number of carboxylic acids is 1. The third-order valence-corrected chi connectivity index (χ3v) is 3.39. The van der Waals surface area contributed by atoms with Gasteiger partial charge in [-0.3, -0.25) is 23.5 Å². The van der Waals surface area contributed by atoms with Crippen LogP contribution in [0.1, 0.15) is 12.5 Å². The molecule has 0 aliphatic heterocycles. The number of carbonyl (C=O) groups excluding carboxylic acids is 1. The lowest BCUT2D eigenvalue weighted by Gasteiger charge is -2.12. The number of carbonyl (C=O) groups is 2. The van der Waals surface area contributed by atoms with Crippen molar-refractivity contribution < 1.29 is 14.7 Å². The molecule has 1 unspecified atom stereocenters. The van der Waals surface area contributed by atoms with Crippen LogP contribution in [0.2, 0.25) is 0 Å². The number of amides is 1. The number of benzene rings is 1. The van der Waals surface area contributed by atoms with Gasteiger partial charge in [0.25, 0.3) is 5.56 Å². The van der Waals surface area contributed by atoms with Gasteiger partial charge in [-0.15, -0.1) is 0 Å². The van der Waals surface area contributed by atoms with E-state index < -0.39 is 35.7 Å². The molecule has 0 bridgehead atoms. The Labute approximate surface area is 137 Å². The van der Waals surface area contributed by atoms with Crippen molar-refractivity contribution in [2.45, 2.75) is 26.1 Å². The molecule has 1 atom stereocenters. The van der Waals surface area contributed by atoms with Gasteiger partial charge in [-0.25, -0.2) is 4.79 Å². The second kappa shape index (κ2) is 7.40. The molecule has 1 amide bonds. The summed E-state index contributed by atoms with van der Waals surface area (Å²) >= 11 is 0. The zero-order chi connectivity index (χ0) is 17.7. The molecule has 2 N–H and O–H groups in total. The van der Waals surface area contributed by atoms with Crippen molar-refractivity contribution in [1.29, 1.82) is 0 Å². The molecule has 1 heterocycles. The highest BCUT2D eigenvalue weighted by molar-refractivity contribution is 5.83. The summed E-state index contributed by atoms with van der Waals surface area (Å²) in [6, 6.07) is 9.27. The molecule has 126 valence electrons. The predicted molar refractivity (Wildman–Crippen MR) is 85.7 cm³/mol. The molecule has 8 heteroatoms. The Bertz CT molecular complexity index is 854. The van der Waals surface area contributed by atoms with E-state index in [1.54, 1.807) is 0 Å². The van der Waals surface area contributed by atoms with Crippen LogP contribution >= 0.6 is 0 Å². The number of carboxylic acid groups (broad SMARTS) is 1. The molecule has 2 rings (SSSR count). The molecule has 0 aliphatic carbocycles. The van der Waals surface area contributed by atoms with E-state index in [-0.39, 0.29) is 6.54 Å². The van der Waals surface area contributed by atoms with Crippen LogP contribution < -0.4 is 16.6 Å². The summed E-state index contributed by atoms with van der Waals surface area (Å²) in [6.45, 7) is 1.01. The SMILES string of the molecule is CC(NC(=O)Cn1c(=O)ccn(Cc2ccccc2)c1=O)C(=O)O. The fourth-order valence-corrected chi connectivity index (χ4v) is 2.10. The van der Waals surface area contributed by atoms with Crippen molar-refractivity contribution in [2.75, 3.05) is 0 Å². The van der Waals surface area contributed by atoms with E-state index in [1.165, 1.54) is 23.8 Å². The Morgan fingerprint density at radius 2 is 1.83 bits per heavy atom. The van der Waals surface area contributed by atoms with Crippen LogP contribution in [0.25, 0.3) is 0 Å². The lowest BCUT2D eigenvalue weighted by atomic mass is 10.2. The van der Waals surface area contributed by atoms with Gasteiger partial charge in [0, 0.05) is 12.3 Å². The maximum atomic E-state index is 12.4. The smallest absolute Gasteiger partial charge is 0.331 e. The molecule has 1 aromatic heterocycles. The maximum absolute atomic E-state index is 12.4. The van der Waals surface area contributed by atoms with Gasteiger partial charge in [-0.05, 0) is 12.5 Å². The number of rotatable bonds is 6. The summed E-state index contributed by atoms with van der Waals surface area (Å²) in [5.41, 5.74) is -0.388. The number of aromatic nitrogens is 2. The van der Waals surface area contributed by atoms with E-state index in [2.05, 4.69) is 5.32 Å². The summed E-state index contributed by atoms with van der Waals surface area (Å²) < 4.78 is 2.08. The highest BCUT2D eigenvalue weighted by Crippen LogP contribution is 1.99. The van der Waals surface area contributed by atoms with Gasteiger partial charge in [-0.1, -0.05) is 30.3 Å². The Morgan fingerprint density at radius 3 is 2.46 bits per heavy atom. The van der Waals surface area contributed by atoms with Crippen molar-refractivity contribution in [2.24, 2.45) is 0 Å². The molecule has 24 heavy (non-hydrogen) atoms. The first kappa shape index (κ1) is 17.2. The lowest BCUT2D eigenvalue weighted by molar-refractivity contribution is -0.141. The van der Waals surface area contributed by atoms with E-state index in [1.807, 2.05) is 30.3 Å². The van der Waals surface area contributed by atoms with Gasteiger partial charge < -0.3 is 10.4 Å². The molecule has 1 aromatic carbocycles. The van der Waals surface area contributed by atoms with Crippen molar-refractivity contribution >= 4 is 11.9 Å². The third kappa shape index (κ3) is 4.19. The van der Waals surface area contributed by atoms with Gasteiger partial charge in [0.05, 0.1) is 6.54 Å². The molecule has 0 aliphatic rings. The predicted octanol–water partition coefficient (Wildman–Crippen LogP) is -0.352. The van der Waals surface area contributed by atoms with Crippen molar-refractivity contribution in [3.63, 3.8) is 0 Å². The van der Waals surface area contributed by atoms with Crippen LogP contribution in [-0.4, -0.2) is 32.2 Å². The quantitative estimate of drug-likeness (QED) is 0.751. The van der Waals surface area contributed by atoms with Crippen molar-refractivity contribution in [3.8, 4) is 0 Å². The van der Waals surface area contributed by atoms with E-state index in [4.69, 9.17) is 5.11 Å². The van der Waals surface area contributed by atoms with Gasteiger partial charge in [0.2, 0.25) is 5.91 Å². The minimum absolute atomic E-state index is 0.257. The zero-order valence-electron chi connectivity index (χ0n) is 13.0. The van der Waals surface area contributed by atoms with Gasteiger partial charge in [-0.2, -0.15) is 0 Å². The molecule has 0 saturated heterocycles. The Morgan fingerprint density at radius 1 is 1.17 bits per heavy atom. The largest absolute Gasteiger partial charge is 0.480 e. The van der Waals surface area contributed by atoms with Crippen molar-refractivity contribution in [3.05, 3.63) is 69.0 Å². The molecule has 0 spiro atoms. The second-order valence-corrected chi connectivity index (χ2v) is 5.26. The van der Waals surface area contributed by atoms with Gasteiger partial charge in [0.1, 0.15) is 12.6 Å². The summed E-state index contributed by atoms with van der Waals surface area (Å²) in [5.74, 6) is -1.92. The zero-order valence-corrected chi connectivity index (χ0v) is 13.0. The Balaban J connectivity index is 2.23. The highest BCUT2D eigenvalue weighted by atomic mass is 16.4. The minimum atomic E-state index is -1.20. The summed E-state index contributed by atoms with van der Waals surface area (Å²) in [5, 5.41) is 11.0. The van der Waals surface area contributed by atoms with E-state index in [0.29, 0.717) is 0 Å². The summed E-state index contributed by atoms with van der Waals surface area (Å²) in [7, 11) is 0. The first-order chi connectivity index (χ1) is 11.4. The van der Waals surface area contributed by atoms with E-state index in [9.17, 15) is 19.2 Å². The Kier molecular flexibility index (Phi) is 5.31. The second-order valence-electron chi connectivity index (χ2n) is 5.26. The molecule has 8 nitrogen and oxygen atoms in total. The van der Waals surface area contributed by atoms with E-state index >= 15 is 0 Å². The van der Waals surface area contributed by atoms with Gasteiger partial charge in [0.15, 0.2) is 0 Å². The summed E-state index contributed by atoms with van der Waals surface area (Å²) in [4.78, 5) is 46.8. The van der Waals surface area contributed by atoms with Gasteiger partial charge >= 0.3 is 11.7 Å². The maximum Gasteiger partial charge on any atom is 0.331 e. The fourth-order valence-electron chi connectivity index (χ4n) is 2.10. The van der Waals surface area contributed by atoms with Crippen molar-refractivity contribution in [1.82, 2.24) is 14.5 Å². The van der Waals surface area contributed by atoms with Crippen LogP contribution in [0, 0.1) is 0 Å². The average molecular weight is 331 g/mol. The topological polar surface area (TPSA) is 110 Å². The molecular formula is C16H17N3O5. The van der Waals surface area contributed by atoms with Crippen LogP contribution in [0.15, 0.2) is 52.2 Å². The summed E-state index contributed by atoms with van der Waals surface area (Å²) in [6.07, 6.45) is 1.37. The fraction of sp³-hybridized carbons (Fsp3) is 0.250. The lowest BCUT2D eigenvalue weighted by Crippen LogP contribution is -2.46. The molecule has 2 aromatic rings. The average Bonchev–Trinajstić information content (AvgIpc) is 2.55. The standard InChI is InChI=1S/C16H17N3O5/c1-11(15(22)23)17-13(20)10-19-14(21)7-8-18(16(19)24)9-12-5-3-2-4-6-12/h2-8,11H,9-10H2,1H3,(H,17,20)(H,22,23). The monoisotopic (exact) mass is 331 g/mol. The number of hydrogen-bond acceptors (Lipinski definition) is 4.